The van der Waals surface area contributed by atoms with Gasteiger partial charge in [-0.1, -0.05) is 29.8 Å². The van der Waals surface area contributed by atoms with Crippen molar-refractivity contribution in [2.75, 3.05) is 13.1 Å². The quantitative estimate of drug-likeness (QED) is 0.738. The largest absolute Gasteiger partial charge is 0.244 e. The van der Waals surface area contributed by atoms with Crippen molar-refractivity contribution in [3.05, 3.63) is 27.1 Å². The first kappa shape index (κ1) is 15.5. The van der Waals surface area contributed by atoms with Gasteiger partial charge in [0.15, 0.2) is 0 Å². The molecule has 0 spiro atoms. The highest BCUT2D eigenvalue weighted by molar-refractivity contribution is 9.11. The molecule has 1 fully saturated rings. The second kappa shape index (κ2) is 5.47. The van der Waals surface area contributed by atoms with Crippen molar-refractivity contribution in [1.82, 2.24) is 4.31 Å². The number of rotatable bonds is 2. The maximum Gasteiger partial charge on any atom is 0.244 e. The lowest BCUT2D eigenvalue weighted by molar-refractivity contribution is 0.187. The standard InChI is InChI=1S/C13H17Br2NO2S/c1-13(2)6-3-7-16(9-13)19(17,18)12-8-10(14)4-5-11(12)15/h4-5,8H,3,6-7,9H2,1-2H3. The number of nitrogens with zero attached hydrogens (tertiary/aromatic N) is 1. The first-order valence-electron chi connectivity index (χ1n) is 6.18. The van der Waals surface area contributed by atoms with Gasteiger partial charge in [0, 0.05) is 22.0 Å². The van der Waals surface area contributed by atoms with Crippen LogP contribution in [0.25, 0.3) is 0 Å². The van der Waals surface area contributed by atoms with Crippen LogP contribution in [0.15, 0.2) is 32.0 Å². The maximum atomic E-state index is 12.7. The van der Waals surface area contributed by atoms with Crippen molar-refractivity contribution in [2.45, 2.75) is 31.6 Å². The highest BCUT2D eigenvalue weighted by Gasteiger charge is 2.34. The number of halogens is 2. The SMILES string of the molecule is CC1(C)CCCN(S(=O)(=O)c2cc(Br)ccc2Br)C1. The molecule has 0 atom stereocenters. The Labute approximate surface area is 131 Å². The molecule has 0 saturated carbocycles. The minimum Gasteiger partial charge on any atom is -0.207 e. The molecule has 0 radical (unpaired) electrons. The monoisotopic (exact) mass is 409 g/mol. The zero-order chi connectivity index (χ0) is 14.3. The molecule has 1 heterocycles. The number of hydrogen-bond acceptors (Lipinski definition) is 2. The van der Waals surface area contributed by atoms with Gasteiger partial charge in [-0.25, -0.2) is 8.42 Å². The third-order valence-electron chi connectivity index (χ3n) is 3.38. The van der Waals surface area contributed by atoms with E-state index in [-0.39, 0.29) is 5.41 Å². The van der Waals surface area contributed by atoms with E-state index in [1.807, 2.05) is 6.07 Å². The Balaban J connectivity index is 2.39. The van der Waals surface area contributed by atoms with Gasteiger partial charge < -0.3 is 0 Å². The summed E-state index contributed by atoms with van der Waals surface area (Å²) in [6.07, 6.45) is 1.98. The van der Waals surface area contributed by atoms with Crippen molar-refractivity contribution in [3.63, 3.8) is 0 Å². The highest BCUT2D eigenvalue weighted by atomic mass is 79.9. The third kappa shape index (κ3) is 3.40. The third-order valence-corrected chi connectivity index (χ3v) is 6.71. The van der Waals surface area contributed by atoms with Crippen LogP contribution >= 0.6 is 31.9 Å². The van der Waals surface area contributed by atoms with Gasteiger partial charge in [0.25, 0.3) is 0 Å². The summed E-state index contributed by atoms with van der Waals surface area (Å²) in [4.78, 5) is 0.333. The molecule has 0 unspecified atom stereocenters. The van der Waals surface area contributed by atoms with Crippen molar-refractivity contribution >= 4 is 41.9 Å². The normalized spacial score (nSPS) is 20.4. The van der Waals surface area contributed by atoms with Gasteiger partial charge in [0.05, 0.1) is 4.90 Å². The average molecular weight is 411 g/mol. The van der Waals surface area contributed by atoms with Gasteiger partial charge in [-0.05, 0) is 52.4 Å². The topological polar surface area (TPSA) is 37.4 Å². The minimum atomic E-state index is -3.43. The molecule has 0 N–H and O–H groups in total. The Kier molecular flexibility index (Phi) is 4.45. The molecule has 2 rings (SSSR count). The number of sulfonamides is 1. The minimum absolute atomic E-state index is 0.0454. The molecule has 106 valence electrons. The van der Waals surface area contributed by atoms with Gasteiger partial charge >= 0.3 is 0 Å². The van der Waals surface area contributed by atoms with Crippen molar-refractivity contribution in [3.8, 4) is 0 Å². The van der Waals surface area contributed by atoms with E-state index in [0.29, 0.717) is 22.5 Å². The molecule has 6 heteroatoms. The van der Waals surface area contributed by atoms with Crippen LogP contribution in [0, 0.1) is 5.41 Å². The molecule has 19 heavy (non-hydrogen) atoms. The van der Waals surface area contributed by atoms with Crippen LogP contribution in [0.1, 0.15) is 26.7 Å². The van der Waals surface area contributed by atoms with Gasteiger partial charge in [0.2, 0.25) is 10.0 Å². The van der Waals surface area contributed by atoms with Crippen molar-refractivity contribution in [1.29, 1.82) is 0 Å². The van der Waals surface area contributed by atoms with Gasteiger partial charge in [0.1, 0.15) is 0 Å². The summed E-state index contributed by atoms with van der Waals surface area (Å²) in [5.41, 5.74) is 0.0454. The zero-order valence-electron chi connectivity index (χ0n) is 11.0. The van der Waals surface area contributed by atoms with Gasteiger partial charge in [-0.15, -0.1) is 0 Å². The van der Waals surface area contributed by atoms with E-state index in [9.17, 15) is 8.42 Å². The molecule has 1 aromatic carbocycles. The van der Waals surface area contributed by atoms with Crippen LogP contribution in [0.5, 0.6) is 0 Å². The first-order chi connectivity index (χ1) is 8.72. The number of piperidine rings is 1. The van der Waals surface area contributed by atoms with E-state index in [0.717, 1.165) is 17.3 Å². The fraction of sp³-hybridized carbons (Fsp3) is 0.538. The van der Waals surface area contributed by atoms with Gasteiger partial charge in [-0.3, -0.25) is 0 Å². The summed E-state index contributed by atoms with van der Waals surface area (Å²) in [7, 11) is -3.43. The van der Waals surface area contributed by atoms with Crippen LogP contribution in [0.3, 0.4) is 0 Å². The smallest absolute Gasteiger partial charge is 0.207 e. The molecule has 1 aliphatic heterocycles. The second-order valence-electron chi connectivity index (χ2n) is 5.68. The molecule has 0 aromatic heterocycles. The lowest BCUT2D eigenvalue weighted by Crippen LogP contribution is -2.43. The summed E-state index contributed by atoms with van der Waals surface area (Å²) in [5, 5.41) is 0. The van der Waals surface area contributed by atoms with Crippen LogP contribution < -0.4 is 0 Å². The maximum absolute atomic E-state index is 12.7. The second-order valence-corrected chi connectivity index (χ2v) is 9.36. The van der Waals surface area contributed by atoms with E-state index >= 15 is 0 Å². The van der Waals surface area contributed by atoms with E-state index in [2.05, 4.69) is 45.7 Å². The average Bonchev–Trinajstić information content (AvgIpc) is 2.31. The number of hydrogen-bond donors (Lipinski definition) is 0. The molecular formula is C13H17Br2NO2S. The van der Waals surface area contributed by atoms with Crippen molar-refractivity contribution < 1.29 is 8.42 Å². The summed E-state index contributed by atoms with van der Waals surface area (Å²) in [6, 6.07) is 5.23. The Morgan fingerprint density at radius 3 is 2.58 bits per heavy atom. The molecule has 1 saturated heterocycles. The number of benzene rings is 1. The molecule has 0 amide bonds. The molecular weight excluding hydrogens is 394 g/mol. The summed E-state index contributed by atoms with van der Waals surface area (Å²) >= 11 is 6.67. The lowest BCUT2D eigenvalue weighted by atomic mass is 9.85. The van der Waals surface area contributed by atoms with Crippen LogP contribution in [0.4, 0.5) is 0 Å². The molecule has 3 nitrogen and oxygen atoms in total. The molecule has 1 aliphatic rings. The Bertz CT molecular complexity index is 584. The predicted molar refractivity (Wildman–Crippen MR) is 83.6 cm³/mol. The van der Waals surface area contributed by atoms with Crippen molar-refractivity contribution in [2.24, 2.45) is 5.41 Å². The molecule has 1 aromatic rings. The van der Waals surface area contributed by atoms with Gasteiger partial charge in [-0.2, -0.15) is 4.31 Å². The van der Waals surface area contributed by atoms with E-state index in [1.54, 1.807) is 16.4 Å². The predicted octanol–water partition coefficient (Wildman–Crippen LogP) is 4.02. The summed E-state index contributed by atoms with van der Waals surface area (Å²) in [5.74, 6) is 0. The summed E-state index contributed by atoms with van der Waals surface area (Å²) < 4.78 is 28.4. The Hall–Kier alpha value is 0.0900. The van der Waals surface area contributed by atoms with Crippen LogP contribution in [-0.4, -0.2) is 25.8 Å². The fourth-order valence-corrected chi connectivity index (χ4v) is 5.52. The molecule has 0 aliphatic carbocycles. The fourth-order valence-electron chi connectivity index (χ4n) is 2.39. The Morgan fingerprint density at radius 2 is 1.95 bits per heavy atom. The lowest BCUT2D eigenvalue weighted by Gasteiger charge is -2.37. The first-order valence-corrected chi connectivity index (χ1v) is 9.20. The zero-order valence-corrected chi connectivity index (χ0v) is 15.0. The van der Waals surface area contributed by atoms with Crippen LogP contribution in [-0.2, 0) is 10.0 Å². The van der Waals surface area contributed by atoms with Crippen LogP contribution in [0.2, 0.25) is 0 Å². The highest BCUT2D eigenvalue weighted by Crippen LogP contribution is 2.34. The Morgan fingerprint density at radius 1 is 1.26 bits per heavy atom. The van der Waals surface area contributed by atoms with E-state index in [4.69, 9.17) is 0 Å². The van der Waals surface area contributed by atoms with E-state index < -0.39 is 10.0 Å². The molecule has 0 bridgehead atoms. The van der Waals surface area contributed by atoms with E-state index in [1.165, 1.54) is 0 Å². The summed E-state index contributed by atoms with van der Waals surface area (Å²) in [6.45, 7) is 5.41.